The molecule has 0 saturated carbocycles. The first kappa shape index (κ1) is 39.6. The molecule has 0 heterocycles. The van der Waals surface area contributed by atoms with Crippen molar-refractivity contribution in [1.29, 1.82) is 0 Å². The summed E-state index contributed by atoms with van der Waals surface area (Å²) in [6.07, 6.45) is 38.4. The van der Waals surface area contributed by atoms with E-state index >= 15 is 0 Å². The molecule has 2 aliphatic carbocycles. The number of hydrogen-bond donors (Lipinski definition) is 0. The Morgan fingerprint density at radius 2 is 0.833 bits per heavy atom. The van der Waals surface area contributed by atoms with Crippen molar-refractivity contribution < 1.29 is 22.5 Å². The van der Waals surface area contributed by atoms with Gasteiger partial charge in [0.05, 0.1) is 0 Å². The Bertz CT molecular complexity index is 1130. The topological polar surface area (TPSA) is 28.5 Å². The Morgan fingerprint density at radius 3 is 1.17 bits per heavy atom. The molecule has 2 heteroatoms. The molecule has 0 saturated heterocycles. The maximum Gasteiger partial charge on any atom is 2.00 e. The zero-order valence-corrected chi connectivity index (χ0v) is 29.2. The van der Waals surface area contributed by atoms with Crippen molar-refractivity contribution in [2.45, 2.75) is 108 Å². The Morgan fingerprint density at radius 1 is 0.524 bits per heavy atom. The van der Waals surface area contributed by atoms with Crippen LogP contribution < -0.4 is 0 Å². The van der Waals surface area contributed by atoms with Crippen molar-refractivity contribution in [3.05, 3.63) is 130 Å². The van der Waals surface area contributed by atoms with Gasteiger partial charge < -0.3 is 5.48 Å². The van der Waals surface area contributed by atoms with Gasteiger partial charge >= 0.3 is 17.1 Å². The fraction of sp³-hybridized carbons (Fsp3) is 0.450. The molecule has 0 atom stereocenters. The molecule has 0 aromatic heterocycles. The summed E-state index contributed by atoms with van der Waals surface area (Å²) in [7, 11) is 0. The van der Waals surface area contributed by atoms with E-state index in [0.29, 0.717) is 10.8 Å². The molecule has 0 bridgehead atoms. The summed E-state index contributed by atoms with van der Waals surface area (Å²) in [4.78, 5) is 0. The molecule has 42 heavy (non-hydrogen) atoms. The average Bonchev–Trinajstić information content (AvgIpc) is 2.85. The van der Waals surface area contributed by atoms with Crippen LogP contribution in [0.3, 0.4) is 0 Å². The van der Waals surface area contributed by atoms with Crippen molar-refractivity contribution in [3.63, 3.8) is 0 Å². The van der Waals surface area contributed by atoms with Gasteiger partial charge in [0.2, 0.25) is 0 Å². The third kappa shape index (κ3) is 13.7. The summed E-state index contributed by atoms with van der Waals surface area (Å²) in [6.45, 7) is 22.7. The summed E-state index contributed by atoms with van der Waals surface area (Å²) in [6, 6.07) is 0. The van der Waals surface area contributed by atoms with Crippen LogP contribution in [0, 0.1) is 10.8 Å². The van der Waals surface area contributed by atoms with E-state index in [1.807, 2.05) is 0 Å². The minimum atomic E-state index is 0. The molecule has 2 aliphatic rings. The SMILES string of the molecule is CC1=C(/C=C/C(C)=C/C=C/C(C)=C/C=C/C=C(C)/C=C/C=C(C)/C=C/C2=C(C)CCCC2(C)C)C(C)(C)CCC1.[Fe+2].[O-2]. The molecule has 0 aliphatic heterocycles. The summed E-state index contributed by atoms with van der Waals surface area (Å²) in [5, 5.41) is 0. The second kappa shape index (κ2) is 19.0. The fourth-order valence-corrected chi connectivity index (χ4v) is 5.79. The largest absolute Gasteiger partial charge is 2.00 e. The molecule has 2 rings (SSSR count). The minimum absolute atomic E-state index is 0. The van der Waals surface area contributed by atoms with Crippen LogP contribution in [-0.2, 0) is 22.5 Å². The maximum atomic E-state index is 2.37. The van der Waals surface area contributed by atoms with Gasteiger partial charge in [-0.3, -0.25) is 0 Å². The van der Waals surface area contributed by atoms with Gasteiger partial charge in [0.25, 0.3) is 0 Å². The molecule has 1 nitrogen and oxygen atoms in total. The third-order valence-electron chi connectivity index (χ3n) is 8.38. The van der Waals surface area contributed by atoms with Crippen LogP contribution in [-0.4, -0.2) is 0 Å². The van der Waals surface area contributed by atoms with E-state index in [2.05, 4.69) is 154 Å². The second-order valence-corrected chi connectivity index (χ2v) is 13.3. The van der Waals surface area contributed by atoms with Crippen LogP contribution in [0.5, 0.6) is 0 Å². The smallest absolute Gasteiger partial charge is 2.00 e. The summed E-state index contributed by atoms with van der Waals surface area (Å²) in [5.41, 5.74) is 11.7. The number of rotatable bonds is 10. The van der Waals surface area contributed by atoms with E-state index in [9.17, 15) is 0 Å². The van der Waals surface area contributed by atoms with Gasteiger partial charge in [-0.25, -0.2) is 0 Å². The molecule has 0 N–H and O–H groups in total. The zero-order valence-electron chi connectivity index (χ0n) is 28.1. The first-order valence-electron chi connectivity index (χ1n) is 15.3. The molecule has 0 aromatic rings. The van der Waals surface area contributed by atoms with E-state index in [1.165, 1.54) is 72.0 Å². The molecule has 0 unspecified atom stereocenters. The van der Waals surface area contributed by atoms with Gasteiger partial charge in [0, 0.05) is 0 Å². The monoisotopic (exact) mass is 608 g/mol. The van der Waals surface area contributed by atoms with Gasteiger partial charge in [-0.1, -0.05) is 146 Å². The standard InChI is InChI=1S/C40H56.Fe.O/c1-31(19-13-21-33(3)25-27-37-35(5)23-15-29-39(37,7)8)17-11-12-18-32(2)20-14-22-34(4)26-28-38-36(6)24-16-30-40(38,9)10;;/h11-14,17-22,25-28H,15-16,23-24,29-30H2,1-10H3;;/q;+2;-2/b12-11+,19-13+,20-14+,27-25+,28-26+,31-17+,32-18+,33-21+,34-22+;;. The van der Waals surface area contributed by atoms with Crippen LogP contribution in [0.15, 0.2) is 130 Å². The van der Waals surface area contributed by atoms with Crippen LogP contribution in [0.25, 0.3) is 0 Å². The van der Waals surface area contributed by atoms with Crippen LogP contribution in [0.2, 0.25) is 0 Å². The first-order chi connectivity index (χ1) is 18.8. The summed E-state index contributed by atoms with van der Waals surface area (Å²) in [5.74, 6) is 0. The van der Waals surface area contributed by atoms with E-state index in [-0.39, 0.29) is 22.5 Å². The molecule has 0 aromatic carbocycles. The summed E-state index contributed by atoms with van der Waals surface area (Å²) >= 11 is 0. The molecule has 0 spiro atoms. The molecule has 0 fully saturated rings. The van der Waals surface area contributed by atoms with Crippen LogP contribution in [0.4, 0.5) is 0 Å². The molecule has 230 valence electrons. The van der Waals surface area contributed by atoms with Gasteiger partial charge in [-0.15, -0.1) is 0 Å². The maximum absolute atomic E-state index is 2.37. The number of hydrogen-bond acceptors (Lipinski definition) is 0. The van der Waals surface area contributed by atoms with Crippen LogP contribution >= 0.6 is 0 Å². The predicted molar refractivity (Wildman–Crippen MR) is 182 cm³/mol. The predicted octanol–water partition coefficient (Wildman–Crippen LogP) is 12.5. The van der Waals surface area contributed by atoms with Crippen molar-refractivity contribution in [3.8, 4) is 0 Å². The van der Waals surface area contributed by atoms with Crippen LogP contribution in [0.1, 0.15) is 108 Å². The number of allylic oxidation sites excluding steroid dienone is 22. The van der Waals surface area contributed by atoms with Crippen molar-refractivity contribution >= 4 is 0 Å². The van der Waals surface area contributed by atoms with Crippen molar-refractivity contribution in [1.82, 2.24) is 0 Å². The minimum Gasteiger partial charge on any atom is -2.00 e. The molecular formula is C40H56FeO. The van der Waals surface area contributed by atoms with E-state index in [4.69, 9.17) is 0 Å². The van der Waals surface area contributed by atoms with Gasteiger partial charge in [-0.05, 0) is 102 Å². The fourth-order valence-electron chi connectivity index (χ4n) is 5.79. The quantitative estimate of drug-likeness (QED) is 0.174. The Balaban J connectivity index is 0.00000840. The normalized spacial score (nSPS) is 20.9. The van der Waals surface area contributed by atoms with Gasteiger partial charge in [0.15, 0.2) is 0 Å². The third-order valence-corrected chi connectivity index (χ3v) is 8.38. The Hall–Kier alpha value is -2.38. The first-order valence-corrected chi connectivity index (χ1v) is 15.3. The Labute approximate surface area is 269 Å². The molecule has 0 radical (unpaired) electrons. The summed E-state index contributed by atoms with van der Waals surface area (Å²) < 4.78 is 0. The van der Waals surface area contributed by atoms with Crippen molar-refractivity contribution in [2.75, 3.05) is 0 Å². The molecule has 0 amide bonds. The van der Waals surface area contributed by atoms with E-state index < -0.39 is 0 Å². The van der Waals surface area contributed by atoms with Crippen molar-refractivity contribution in [2.24, 2.45) is 10.8 Å². The van der Waals surface area contributed by atoms with Gasteiger partial charge in [-0.2, -0.15) is 0 Å². The van der Waals surface area contributed by atoms with Gasteiger partial charge in [0.1, 0.15) is 0 Å². The second-order valence-electron chi connectivity index (χ2n) is 13.3. The zero-order chi connectivity index (χ0) is 29.8. The Kier molecular flexibility index (Phi) is 17.9. The molecular weight excluding hydrogens is 552 g/mol. The van der Waals surface area contributed by atoms with E-state index in [1.54, 1.807) is 11.1 Å². The average molecular weight is 609 g/mol. The van der Waals surface area contributed by atoms with E-state index in [0.717, 1.165) is 0 Å².